The molecule has 1 amide bonds. The minimum absolute atomic E-state index is 0.0462. The monoisotopic (exact) mass is 429 g/mol. The summed E-state index contributed by atoms with van der Waals surface area (Å²) in [6, 6.07) is 5.33. The Labute approximate surface area is 179 Å². The molecule has 9 heteroatoms. The zero-order chi connectivity index (χ0) is 21.8. The molecule has 0 spiro atoms. The van der Waals surface area contributed by atoms with Crippen molar-refractivity contribution >= 4 is 34.4 Å². The second-order valence-electron chi connectivity index (χ2n) is 8.88. The number of piperazine rings is 1. The molecule has 0 aromatic carbocycles. The van der Waals surface area contributed by atoms with Crippen LogP contribution in [0.25, 0.3) is 11.0 Å². The Bertz CT molecular complexity index is 1120. The molecule has 0 saturated carbocycles. The molecular formula is C21H24ClN5O3. The first-order chi connectivity index (χ1) is 14.1. The van der Waals surface area contributed by atoms with Crippen molar-refractivity contribution in [3.63, 3.8) is 0 Å². The fourth-order valence-electron chi connectivity index (χ4n) is 4.48. The molecule has 30 heavy (non-hydrogen) atoms. The number of fused-ring (bicyclic) bond motifs is 3. The van der Waals surface area contributed by atoms with Crippen LogP contribution in [-0.4, -0.2) is 51.3 Å². The topological polar surface area (TPSA) is 91.5 Å². The van der Waals surface area contributed by atoms with Crippen molar-refractivity contribution in [2.45, 2.75) is 51.3 Å². The van der Waals surface area contributed by atoms with Crippen LogP contribution in [0.3, 0.4) is 0 Å². The van der Waals surface area contributed by atoms with E-state index in [1.54, 1.807) is 19.2 Å². The normalized spacial score (nSPS) is 21.1. The maximum Gasteiger partial charge on any atom is 0.410 e. The van der Waals surface area contributed by atoms with Crippen molar-refractivity contribution in [2.24, 2.45) is 7.05 Å². The van der Waals surface area contributed by atoms with Crippen LogP contribution < -0.4 is 10.5 Å². The van der Waals surface area contributed by atoms with E-state index in [1.165, 1.54) is 4.57 Å². The Morgan fingerprint density at radius 2 is 1.90 bits per heavy atom. The lowest BCUT2D eigenvalue weighted by Gasteiger charge is -2.42. The number of halogens is 1. The number of aryl methyl sites for hydroxylation is 1. The number of carbonyl (C=O) groups is 1. The van der Waals surface area contributed by atoms with Gasteiger partial charge >= 0.3 is 6.09 Å². The third kappa shape index (κ3) is 3.37. The number of carbonyl (C=O) groups excluding carboxylic acids is 1. The molecule has 2 fully saturated rings. The lowest BCUT2D eigenvalue weighted by Crippen LogP contribution is -2.57. The summed E-state index contributed by atoms with van der Waals surface area (Å²) in [4.78, 5) is 33.9. The summed E-state index contributed by atoms with van der Waals surface area (Å²) in [5.41, 5.74) is 0.741. The molecule has 2 aromatic rings. The number of rotatable bonds is 1. The molecule has 8 nitrogen and oxygen atoms in total. The Morgan fingerprint density at radius 1 is 1.27 bits per heavy atom. The zero-order valence-electron chi connectivity index (χ0n) is 17.5. The molecule has 2 aromatic heterocycles. The van der Waals surface area contributed by atoms with Crippen molar-refractivity contribution in [1.82, 2.24) is 14.5 Å². The maximum absolute atomic E-state index is 12.8. The van der Waals surface area contributed by atoms with E-state index in [0.717, 1.165) is 12.8 Å². The van der Waals surface area contributed by atoms with Crippen molar-refractivity contribution < 1.29 is 9.53 Å². The number of amides is 1. The maximum atomic E-state index is 12.8. The molecule has 2 atom stereocenters. The van der Waals surface area contributed by atoms with Gasteiger partial charge in [-0.2, -0.15) is 5.26 Å². The number of anilines is 1. The highest BCUT2D eigenvalue weighted by Gasteiger charge is 2.45. The van der Waals surface area contributed by atoms with Gasteiger partial charge in [0.15, 0.2) is 0 Å². The fraction of sp³-hybridized carbons (Fsp3) is 0.524. The smallest absolute Gasteiger partial charge is 0.410 e. The summed E-state index contributed by atoms with van der Waals surface area (Å²) >= 11 is 6.14. The van der Waals surface area contributed by atoms with Gasteiger partial charge in [-0.05, 0) is 45.7 Å². The minimum atomic E-state index is -0.565. The third-order valence-corrected chi connectivity index (χ3v) is 5.91. The van der Waals surface area contributed by atoms with Crippen LogP contribution in [0.4, 0.5) is 10.5 Å². The van der Waals surface area contributed by atoms with E-state index in [2.05, 4.69) is 11.1 Å². The summed E-state index contributed by atoms with van der Waals surface area (Å²) in [6.45, 7) is 6.55. The molecule has 158 valence electrons. The summed E-state index contributed by atoms with van der Waals surface area (Å²) < 4.78 is 7.02. The van der Waals surface area contributed by atoms with Gasteiger partial charge in [0.05, 0.1) is 23.3 Å². The van der Waals surface area contributed by atoms with Crippen LogP contribution >= 0.6 is 11.6 Å². The van der Waals surface area contributed by atoms with Gasteiger partial charge < -0.3 is 14.2 Å². The van der Waals surface area contributed by atoms with Crippen LogP contribution in [0.15, 0.2) is 16.9 Å². The number of pyridine rings is 2. The van der Waals surface area contributed by atoms with E-state index in [0.29, 0.717) is 35.0 Å². The number of nitrogens with zero attached hydrogens (tertiary/aromatic N) is 5. The standard InChI is InChI=1S/C21H24ClN5O3/c1-21(2,3)30-20(29)27-12-5-6-13(27)11-26(10-12)18-14(9-23)19(28)25(4)15-7-8-16(22)24-17(15)18/h7-8,12-13H,5-6,10-11H2,1-4H3/t12-,13+. The van der Waals surface area contributed by atoms with E-state index in [1.807, 2.05) is 30.6 Å². The lowest BCUT2D eigenvalue weighted by atomic mass is 10.1. The van der Waals surface area contributed by atoms with Crippen LogP contribution in [0.5, 0.6) is 0 Å². The lowest BCUT2D eigenvalue weighted by molar-refractivity contribution is 0.0123. The number of nitriles is 1. The van der Waals surface area contributed by atoms with Gasteiger partial charge in [-0.3, -0.25) is 9.69 Å². The number of hydrogen-bond acceptors (Lipinski definition) is 6. The van der Waals surface area contributed by atoms with Gasteiger partial charge in [0.1, 0.15) is 27.9 Å². The van der Waals surface area contributed by atoms with E-state index < -0.39 is 5.60 Å². The van der Waals surface area contributed by atoms with Gasteiger partial charge in [0.2, 0.25) is 0 Å². The molecule has 0 aliphatic carbocycles. The Balaban J connectivity index is 1.76. The molecule has 2 aliphatic rings. The molecule has 0 unspecified atom stereocenters. The minimum Gasteiger partial charge on any atom is -0.444 e. The van der Waals surface area contributed by atoms with Gasteiger partial charge in [0.25, 0.3) is 5.56 Å². The predicted octanol–water partition coefficient (Wildman–Crippen LogP) is 3.05. The van der Waals surface area contributed by atoms with E-state index in [-0.39, 0.29) is 29.3 Å². The van der Waals surface area contributed by atoms with Gasteiger partial charge in [-0.15, -0.1) is 0 Å². The molecule has 2 aliphatic heterocycles. The number of aromatic nitrogens is 2. The summed E-state index contributed by atoms with van der Waals surface area (Å²) in [5.74, 6) is 0. The van der Waals surface area contributed by atoms with E-state index >= 15 is 0 Å². The summed E-state index contributed by atoms with van der Waals surface area (Å²) in [7, 11) is 1.62. The second-order valence-corrected chi connectivity index (χ2v) is 9.27. The first-order valence-electron chi connectivity index (χ1n) is 9.96. The number of ether oxygens (including phenoxy) is 1. The average Bonchev–Trinajstić information content (AvgIpc) is 2.93. The van der Waals surface area contributed by atoms with Crippen LogP contribution in [0.1, 0.15) is 39.2 Å². The van der Waals surface area contributed by atoms with Crippen LogP contribution in [0.2, 0.25) is 5.15 Å². The van der Waals surface area contributed by atoms with Gasteiger partial charge in [-0.1, -0.05) is 11.6 Å². The summed E-state index contributed by atoms with van der Waals surface area (Å²) in [5, 5.41) is 10.1. The SMILES string of the molecule is Cn1c(=O)c(C#N)c(N2C[C@H]3CC[C@@H](C2)N3C(=O)OC(C)(C)C)c2nc(Cl)ccc21. The van der Waals surface area contributed by atoms with E-state index in [9.17, 15) is 14.9 Å². The van der Waals surface area contributed by atoms with Crippen molar-refractivity contribution in [1.29, 1.82) is 5.26 Å². The van der Waals surface area contributed by atoms with Gasteiger partial charge in [0, 0.05) is 20.1 Å². The Hall–Kier alpha value is -2.79. The average molecular weight is 430 g/mol. The molecular weight excluding hydrogens is 406 g/mol. The Kier molecular flexibility index (Phi) is 4.89. The van der Waals surface area contributed by atoms with E-state index in [4.69, 9.17) is 16.3 Å². The fourth-order valence-corrected chi connectivity index (χ4v) is 4.62. The predicted molar refractivity (Wildman–Crippen MR) is 114 cm³/mol. The second kappa shape index (κ2) is 7.17. The molecule has 2 saturated heterocycles. The van der Waals surface area contributed by atoms with Crippen LogP contribution in [-0.2, 0) is 11.8 Å². The zero-order valence-corrected chi connectivity index (χ0v) is 18.2. The molecule has 4 rings (SSSR count). The largest absolute Gasteiger partial charge is 0.444 e. The van der Waals surface area contributed by atoms with Crippen molar-refractivity contribution in [2.75, 3.05) is 18.0 Å². The first-order valence-corrected chi connectivity index (χ1v) is 10.3. The molecule has 2 bridgehead atoms. The summed E-state index contributed by atoms with van der Waals surface area (Å²) in [6.07, 6.45) is 1.38. The molecule has 4 heterocycles. The number of hydrogen-bond donors (Lipinski definition) is 0. The van der Waals surface area contributed by atoms with Crippen molar-refractivity contribution in [3.8, 4) is 6.07 Å². The first kappa shape index (κ1) is 20.5. The highest BCUT2D eigenvalue weighted by Crippen LogP contribution is 2.37. The van der Waals surface area contributed by atoms with Gasteiger partial charge in [-0.25, -0.2) is 9.78 Å². The van der Waals surface area contributed by atoms with Crippen molar-refractivity contribution in [3.05, 3.63) is 33.2 Å². The van der Waals surface area contributed by atoms with Crippen LogP contribution in [0, 0.1) is 11.3 Å². The molecule has 0 N–H and O–H groups in total. The third-order valence-electron chi connectivity index (χ3n) is 5.70. The quantitative estimate of drug-likeness (QED) is 0.647. The highest BCUT2D eigenvalue weighted by atomic mass is 35.5. The molecule has 0 radical (unpaired) electrons. The Morgan fingerprint density at radius 3 is 2.47 bits per heavy atom. The highest BCUT2D eigenvalue weighted by molar-refractivity contribution is 6.29.